The maximum atomic E-state index is 12.1. The highest BCUT2D eigenvalue weighted by Crippen LogP contribution is 2.22. The van der Waals surface area contributed by atoms with Crippen LogP contribution in [0.1, 0.15) is 16.8 Å². The van der Waals surface area contributed by atoms with Gasteiger partial charge in [-0.05, 0) is 17.9 Å². The predicted molar refractivity (Wildman–Crippen MR) is 81.8 cm³/mol. The minimum atomic E-state index is 0.0217. The van der Waals surface area contributed by atoms with E-state index in [1.54, 1.807) is 11.3 Å². The van der Waals surface area contributed by atoms with E-state index in [-0.39, 0.29) is 5.91 Å². The van der Waals surface area contributed by atoms with Crippen molar-refractivity contribution in [3.05, 3.63) is 22.4 Å². The zero-order chi connectivity index (χ0) is 14.5. The Labute approximate surface area is 129 Å². The van der Waals surface area contributed by atoms with Crippen LogP contribution in [-0.4, -0.2) is 62.9 Å². The molecule has 2 saturated heterocycles. The molecule has 1 amide bonds. The van der Waals surface area contributed by atoms with E-state index in [2.05, 4.69) is 10.2 Å². The zero-order valence-corrected chi connectivity index (χ0v) is 12.9. The minimum Gasteiger partial charge on any atom is -0.381 e. The number of nitrogens with zero attached hydrogens (tertiary/aromatic N) is 1. The Morgan fingerprint density at radius 2 is 2.24 bits per heavy atom. The third-order valence-corrected chi connectivity index (χ3v) is 4.96. The molecule has 0 radical (unpaired) electrons. The van der Waals surface area contributed by atoms with E-state index < -0.39 is 0 Å². The molecular weight excluding hydrogens is 288 g/mol. The molecule has 116 valence electrons. The Morgan fingerprint density at radius 3 is 2.90 bits per heavy atom. The number of morpholine rings is 1. The summed E-state index contributed by atoms with van der Waals surface area (Å²) >= 11 is 1.55. The van der Waals surface area contributed by atoms with E-state index in [9.17, 15) is 4.79 Å². The molecule has 5 nitrogen and oxygen atoms in total. The van der Waals surface area contributed by atoms with Crippen molar-refractivity contribution in [3.63, 3.8) is 0 Å². The van der Waals surface area contributed by atoms with Gasteiger partial charge in [0.2, 0.25) is 0 Å². The lowest BCUT2D eigenvalue weighted by Crippen LogP contribution is -2.52. The van der Waals surface area contributed by atoms with Gasteiger partial charge in [-0.25, -0.2) is 0 Å². The average molecular weight is 310 g/mol. The SMILES string of the molecule is O=C(NC[C@H]([C@H]1CCOC1)N1CCOCC1)c1ccsc1. The zero-order valence-electron chi connectivity index (χ0n) is 12.1. The summed E-state index contributed by atoms with van der Waals surface area (Å²) in [6, 6.07) is 2.21. The van der Waals surface area contributed by atoms with Crippen molar-refractivity contribution in [2.24, 2.45) is 5.92 Å². The van der Waals surface area contributed by atoms with Gasteiger partial charge < -0.3 is 14.8 Å². The van der Waals surface area contributed by atoms with Crippen LogP contribution in [0, 0.1) is 5.92 Å². The van der Waals surface area contributed by atoms with E-state index >= 15 is 0 Å². The second kappa shape index (κ2) is 7.35. The van der Waals surface area contributed by atoms with Gasteiger partial charge in [-0.2, -0.15) is 11.3 Å². The molecule has 0 spiro atoms. The van der Waals surface area contributed by atoms with Gasteiger partial charge in [0.1, 0.15) is 0 Å². The first-order chi connectivity index (χ1) is 10.3. The maximum absolute atomic E-state index is 12.1. The van der Waals surface area contributed by atoms with E-state index in [1.165, 1.54) is 0 Å². The van der Waals surface area contributed by atoms with Gasteiger partial charge in [0.15, 0.2) is 0 Å². The fraction of sp³-hybridized carbons (Fsp3) is 0.667. The van der Waals surface area contributed by atoms with E-state index in [0.29, 0.717) is 18.5 Å². The molecule has 0 aromatic carbocycles. The van der Waals surface area contributed by atoms with Crippen LogP contribution in [-0.2, 0) is 9.47 Å². The van der Waals surface area contributed by atoms with Crippen molar-refractivity contribution in [1.82, 2.24) is 10.2 Å². The van der Waals surface area contributed by atoms with Crippen molar-refractivity contribution < 1.29 is 14.3 Å². The number of carbonyl (C=O) groups is 1. The van der Waals surface area contributed by atoms with Gasteiger partial charge in [-0.3, -0.25) is 9.69 Å². The van der Waals surface area contributed by atoms with Gasteiger partial charge in [-0.15, -0.1) is 0 Å². The standard InChI is InChI=1S/C15H22N2O3S/c18-15(13-2-8-21-11-13)16-9-14(12-1-5-20-10-12)17-3-6-19-7-4-17/h2,8,11-12,14H,1,3-7,9-10H2,(H,16,18)/t12-,14+/m0/s1. The lowest BCUT2D eigenvalue weighted by atomic mass is 9.96. The number of nitrogens with one attached hydrogen (secondary N) is 1. The molecule has 1 aromatic rings. The summed E-state index contributed by atoms with van der Waals surface area (Å²) in [7, 11) is 0. The Hall–Kier alpha value is -0.950. The summed E-state index contributed by atoms with van der Waals surface area (Å²) < 4.78 is 11.0. The quantitative estimate of drug-likeness (QED) is 0.888. The number of thiophene rings is 1. The van der Waals surface area contributed by atoms with Crippen LogP contribution in [0.4, 0.5) is 0 Å². The van der Waals surface area contributed by atoms with Crippen LogP contribution in [0.5, 0.6) is 0 Å². The number of ether oxygens (including phenoxy) is 2. The molecule has 3 heterocycles. The molecule has 2 atom stereocenters. The monoisotopic (exact) mass is 310 g/mol. The molecular formula is C15H22N2O3S. The summed E-state index contributed by atoms with van der Waals surface area (Å²) in [6.07, 6.45) is 1.08. The Morgan fingerprint density at radius 1 is 1.38 bits per heavy atom. The lowest BCUT2D eigenvalue weighted by Gasteiger charge is -2.37. The first-order valence-electron chi connectivity index (χ1n) is 7.54. The molecule has 6 heteroatoms. The second-order valence-electron chi connectivity index (χ2n) is 5.56. The van der Waals surface area contributed by atoms with Crippen molar-refractivity contribution >= 4 is 17.2 Å². The first kappa shape index (κ1) is 15.0. The smallest absolute Gasteiger partial charge is 0.252 e. The molecule has 0 unspecified atom stereocenters. The van der Waals surface area contributed by atoms with Crippen molar-refractivity contribution in [2.75, 3.05) is 46.1 Å². The predicted octanol–water partition coefficient (Wildman–Crippen LogP) is 1.22. The lowest BCUT2D eigenvalue weighted by molar-refractivity contribution is 0.00166. The summed E-state index contributed by atoms with van der Waals surface area (Å²) in [5, 5.41) is 6.91. The highest BCUT2D eigenvalue weighted by atomic mass is 32.1. The number of rotatable bonds is 5. The molecule has 1 aromatic heterocycles. The molecule has 3 rings (SSSR count). The van der Waals surface area contributed by atoms with Crippen molar-refractivity contribution in [2.45, 2.75) is 12.5 Å². The van der Waals surface area contributed by atoms with Crippen LogP contribution in [0.15, 0.2) is 16.8 Å². The second-order valence-corrected chi connectivity index (χ2v) is 6.34. The topological polar surface area (TPSA) is 50.8 Å². The largest absolute Gasteiger partial charge is 0.381 e. The molecule has 0 saturated carbocycles. The summed E-state index contributed by atoms with van der Waals surface area (Å²) in [4.78, 5) is 14.6. The van der Waals surface area contributed by atoms with Crippen LogP contribution in [0.25, 0.3) is 0 Å². The molecule has 2 fully saturated rings. The van der Waals surface area contributed by atoms with Crippen molar-refractivity contribution in [1.29, 1.82) is 0 Å². The van der Waals surface area contributed by atoms with E-state index in [4.69, 9.17) is 9.47 Å². The fourth-order valence-electron chi connectivity index (χ4n) is 3.05. The van der Waals surface area contributed by atoms with Crippen LogP contribution < -0.4 is 5.32 Å². The van der Waals surface area contributed by atoms with Crippen LogP contribution >= 0.6 is 11.3 Å². The summed E-state index contributed by atoms with van der Waals surface area (Å²) in [5.41, 5.74) is 0.753. The summed E-state index contributed by atoms with van der Waals surface area (Å²) in [6.45, 7) is 5.76. The van der Waals surface area contributed by atoms with E-state index in [0.717, 1.165) is 51.5 Å². The number of hydrogen-bond donors (Lipinski definition) is 1. The molecule has 1 N–H and O–H groups in total. The van der Waals surface area contributed by atoms with Gasteiger partial charge >= 0.3 is 0 Å². The maximum Gasteiger partial charge on any atom is 0.252 e. The number of carbonyl (C=O) groups excluding carboxylic acids is 1. The van der Waals surface area contributed by atoms with E-state index in [1.807, 2.05) is 16.8 Å². The third-order valence-electron chi connectivity index (χ3n) is 4.28. The van der Waals surface area contributed by atoms with Gasteiger partial charge in [-0.1, -0.05) is 0 Å². The average Bonchev–Trinajstić information content (AvgIpc) is 3.22. The number of hydrogen-bond acceptors (Lipinski definition) is 5. The Balaban J connectivity index is 1.59. The van der Waals surface area contributed by atoms with Gasteiger partial charge in [0, 0.05) is 49.1 Å². The van der Waals surface area contributed by atoms with Gasteiger partial charge in [0.05, 0.1) is 19.8 Å². The highest BCUT2D eigenvalue weighted by molar-refractivity contribution is 7.08. The highest BCUT2D eigenvalue weighted by Gasteiger charge is 2.31. The molecule has 2 aliphatic heterocycles. The minimum absolute atomic E-state index is 0.0217. The molecule has 21 heavy (non-hydrogen) atoms. The van der Waals surface area contributed by atoms with Crippen LogP contribution in [0.2, 0.25) is 0 Å². The Bertz CT molecular complexity index is 440. The normalized spacial score (nSPS) is 24.9. The number of amides is 1. The van der Waals surface area contributed by atoms with Crippen LogP contribution in [0.3, 0.4) is 0 Å². The third kappa shape index (κ3) is 3.83. The molecule has 0 bridgehead atoms. The molecule has 0 aliphatic carbocycles. The summed E-state index contributed by atoms with van der Waals surface area (Å²) in [5.74, 6) is 0.527. The fourth-order valence-corrected chi connectivity index (χ4v) is 3.69. The Kier molecular flexibility index (Phi) is 5.24. The molecule has 2 aliphatic rings. The first-order valence-corrected chi connectivity index (χ1v) is 8.49. The van der Waals surface area contributed by atoms with Gasteiger partial charge in [0.25, 0.3) is 5.91 Å². The van der Waals surface area contributed by atoms with Crippen molar-refractivity contribution in [3.8, 4) is 0 Å².